The molecule has 0 aliphatic carbocycles. The van der Waals surface area contributed by atoms with Gasteiger partial charge >= 0.3 is 0 Å². The van der Waals surface area contributed by atoms with E-state index in [0.29, 0.717) is 28.8 Å². The van der Waals surface area contributed by atoms with Crippen molar-refractivity contribution in [1.82, 2.24) is 4.90 Å². The number of nitrogens with zero attached hydrogens (tertiary/aromatic N) is 1. The average Bonchev–Trinajstić information content (AvgIpc) is 2.28. The molecule has 3 nitrogen and oxygen atoms in total. The van der Waals surface area contributed by atoms with Crippen LogP contribution < -0.4 is 0 Å². The zero-order valence-corrected chi connectivity index (χ0v) is 12.1. The Bertz CT molecular complexity index is 410. The summed E-state index contributed by atoms with van der Waals surface area (Å²) in [6, 6.07) is 4.92. The first kappa shape index (κ1) is 15.4. The minimum atomic E-state index is -0.00316. The fraction of sp³-hybridized carbons (Fsp3) is 0.462. The molecule has 0 radical (unpaired) electrons. The van der Waals surface area contributed by atoms with E-state index < -0.39 is 0 Å². The van der Waals surface area contributed by atoms with Gasteiger partial charge in [0.15, 0.2) is 5.78 Å². The van der Waals surface area contributed by atoms with Crippen molar-refractivity contribution in [3.63, 3.8) is 0 Å². The van der Waals surface area contributed by atoms with Crippen LogP contribution in [0.15, 0.2) is 18.2 Å². The highest BCUT2D eigenvalue weighted by molar-refractivity contribution is 6.36. The quantitative estimate of drug-likeness (QED) is 0.570. The second-order valence-corrected chi connectivity index (χ2v) is 4.98. The summed E-state index contributed by atoms with van der Waals surface area (Å²) in [5, 5.41) is 0.933. The van der Waals surface area contributed by atoms with Crippen LogP contribution in [0.5, 0.6) is 0 Å². The summed E-state index contributed by atoms with van der Waals surface area (Å²) in [4.78, 5) is 14.0. The molecule has 1 aromatic rings. The van der Waals surface area contributed by atoms with Gasteiger partial charge in [-0.05, 0) is 31.7 Å². The molecule has 1 rings (SSSR count). The molecule has 0 saturated carbocycles. The first-order valence-electron chi connectivity index (χ1n) is 5.70. The van der Waals surface area contributed by atoms with E-state index in [0.717, 1.165) is 13.0 Å². The van der Waals surface area contributed by atoms with E-state index in [4.69, 9.17) is 27.9 Å². The molecule has 0 atom stereocenters. The lowest BCUT2D eigenvalue weighted by molar-refractivity contribution is 0.0939. The maximum Gasteiger partial charge on any atom is 0.178 e. The number of rotatable bonds is 7. The summed E-state index contributed by atoms with van der Waals surface area (Å²) in [5.41, 5.74) is 0.514. The molecular formula is C13H17Cl2NO2. The fourth-order valence-corrected chi connectivity index (χ4v) is 2.12. The van der Waals surface area contributed by atoms with Gasteiger partial charge in [0.1, 0.15) is 0 Å². The number of hydrogen-bond acceptors (Lipinski definition) is 3. The van der Waals surface area contributed by atoms with E-state index >= 15 is 0 Å². The van der Waals surface area contributed by atoms with E-state index in [2.05, 4.69) is 0 Å². The number of hydrogen-bond donors (Lipinski definition) is 0. The van der Waals surface area contributed by atoms with Gasteiger partial charge in [0.25, 0.3) is 0 Å². The number of halogens is 2. The number of ether oxygens (including phenoxy) is 1. The Morgan fingerprint density at radius 1 is 1.39 bits per heavy atom. The van der Waals surface area contributed by atoms with E-state index in [1.807, 2.05) is 11.9 Å². The number of ketones is 1. The highest BCUT2D eigenvalue weighted by Crippen LogP contribution is 2.21. The number of likely N-dealkylation sites (N-methyl/N-ethyl adjacent to an activating group) is 1. The Balaban J connectivity index is 2.54. The summed E-state index contributed by atoms with van der Waals surface area (Å²) in [5.74, 6) is -0.00316. The molecule has 0 bridgehead atoms. The number of carbonyl (C=O) groups excluding carboxylic acids is 1. The molecule has 0 heterocycles. The molecule has 1 aromatic carbocycles. The van der Waals surface area contributed by atoms with Crippen molar-refractivity contribution >= 4 is 29.0 Å². The Morgan fingerprint density at radius 2 is 2.11 bits per heavy atom. The number of methoxy groups -OCH3 is 1. The maximum absolute atomic E-state index is 12.0. The predicted octanol–water partition coefficient (Wildman–Crippen LogP) is 3.14. The highest BCUT2D eigenvalue weighted by Gasteiger charge is 2.12. The molecule has 0 fully saturated rings. The predicted molar refractivity (Wildman–Crippen MR) is 74.8 cm³/mol. The van der Waals surface area contributed by atoms with Crippen molar-refractivity contribution in [2.24, 2.45) is 0 Å². The molecule has 0 unspecified atom stereocenters. The molecule has 100 valence electrons. The molecule has 18 heavy (non-hydrogen) atoms. The van der Waals surface area contributed by atoms with Crippen LogP contribution in [0.4, 0.5) is 0 Å². The summed E-state index contributed by atoms with van der Waals surface area (Å²) in [6.07, 6.45) is 0.897. The Kier molecular flexibility index (Phi) is 6.65. The second-order valence-electron chi connectivity index (χ2n) is 4.13. The van der Waals surface area contributed by atoms with Gasteiger partial charge in [-0.3, -0.25) is 9.69 Å². The maximum atomic E-state index is 12.0. The lowest BCUT2D eigenvalue weighted by Gasteiger charge is -2.15. The Labute approximate surface area is 118 Å². The van der Waals surface area contributed by atoms with Gasteiger partial charge in [-0.1, -0.05) is 23.2 Å². The van der Waals surface area contributed by atoms with Crippen LogP contribution in [0.3, 0.4) is 0 Å². The lowest BCUT2D eigenvalue weighted by Crippen LogP contribution is -2.27. The third-order valence-electron chi connectivity index (χ3n) is 2.53. The third-order valence-corrected chi connectivity index (χ3v) is 3.08. The van der Waals surface area contributed by atoms with E-state index in [1.165, 1.54) is 0 Å². The first-order valence-corrected chi connectivity index (χ1v) is 6.46. The zero-order chi connectivity index (χ0) is 13.5. The standard InChI is InChI=1S/C13H17Cl2NO2/c1-16(6-3-7-18-2)9-13(17)11-5-4-10(14)8-12(11)15/h4-5,8H,3,6-7,9H2,1-2H3. The fourth-order valence-electron chi connectivity index (χ4n) is 1.60. The number of benzene rings is 1. The summed E-state index contributed by atoms with van der Waals surface area (Å²) >= 11 is 11.8. The molecule has 0 aliphatic heterocycles. The van der Waals surface area contributed by atoms with Crippen LogP contribution in [0.25, 0.3) is 0 Å². The second kappa shape index (κ2) is 7.74. The molecule has 0 amide bonds. The van der Waals surface area contributed by atoms with Crippen LogP contribution in [0, 0.1) is 0 Å². The zero-order valence-electron chi connectivity index (χ0n) is 10.6. The Hall–Kier alpha value is -0.610. The normalized spacial score (nSPS) is 10.9. The molecule has 0 saturated heterocycles. The van der Waals surface area contributed by atoms with E-state index in [-0.39, 0.29) is 5.78 Å². The lowest BCUT2D eigenvalue weighted by atomic mass is 10.1. The third kappa shape index (κ3) is 4.94. The van der Waals surface area contributed by atoms with Gasteiger partial charge in [0, 0.05) is 30.8 Å². The smallest absolute Gasteiger partial charge is 0.178 e. The van der Waals surface area contributed by atoms with Crippen molar-refractivity contribution in [2.75, 3.05) is 33.9 Å². The SMILES string of the molecule is COCCCN(C)CC(=O)c1ccc(Cl)cc1Cl. The molecule has 0 N–H and O–H groups in total. The van der Waals surface area contributed by atoms with Gasteiger partial charge in [0.05, 0.1) is 11.6 Å². The number of Topliss-reactive ketones (excluding diaryl/α,β-unsaturated/α-hetero) is 1. The van der Waals surface area contributed by atoms with Crippen molar-refractivity contribution in [1.29, 1.82) is 0 Å². The van der Waals surface area contributed by atoms with Gasteiger partial charge in [-0.2, -0.15) is 0 Å². The number of carbonyl (C=O) groups is 1. The van der Waals surface area contributed by atoms with Crippen LogP contribution in [-0.4, -0.2) is 44.5 Å². The highest BCUT2D eigenvalue weighted by atomic mass is 35.5. The monoisotopic (exact) mass is 289 g/mol. The van der Waals surface area contributed by atoms with Gasteiger partial charge in [-0.25, -0.2) is 0 Å². The largest absolute Gasteiger partial charge is 0.385 e. The average molecular weight is 290 g/mol. The molecule has 5 heteroatoms. The van der Waals surface area contributed by atoms with Gasteiger partial charge in [0.2, 0.25) is 0 Å². The topological polar surface area (TPSA) is 29.5 Å². The molecular weight excluding hydrogens is 273 g/mol. The Morgan fingerprint density at radius 3 is 2.72 bits per heavy atom. The molecule has 0 spiro atoms. The molecule has 0 aromatic heterocycles. The van der Waals surface area contributed by atoms with Gasteiger partial charge in [-0.15, -0.1) is 0 Å². The minimum Gasteiger partial charge on any atom is -0.385 e. The van der Waals surface area contributed by atoms with Crippen molar-refractivity contribution in [2.45, 2.75) is 6.42 Å². The molecule has 0 aliphatic rings. The summed E-state index contributed by atoms with van der Waals surface area (Å²) < 4.78 is 4.97. The van der Waals surface area contributed by atoms with Crippen molar-refractivity contribution in [3.05, 3.63) is 33.8 Å². The van der Waals surface area contributed by atoms with Crippen LogP contribution in [0.2, 0.25) is 10.0 Å². The van der Waals surface area contributed by atoms with Crippen molar-refractivity contribution in [3.8, 4) is 0 Å². The van der Waals surface area contributed by atoms with E-state index in [1.54, 1.807) is 25.3 Å². The van der Waals surface area contributed by atoms with Gasteiger partial charge < -0.3 is 4.74 Å². The van der Waals surface area contributed by atoms with Crippen LogP contribution in [0.1, 0.15) is 16.8 Å². The first-order chi connectivity index (χ1) is 8.54. The van der Waals surface area contributed by atoms with Crippen molar-refractivity contribution < 1.29 is 9.53 Å². The van der Waals surface area contributed by atoms with Crippen LogP contribution >= 0.6 is 23.2 Å². The summed E-state index contributed by atoms with van der Waals surface area (Å²) in [7, 11) is 3.57. The minimum absolute atomic E-state index is 0.00316. The van der Waals surface area contributed by atoms with Crippen LogP contribution in [-0.2, 0) is 4.74 Å². The van der Waals surface area contributed by atoms with E-state index in [9.17, 15) is 4.79 Å². The summed E-state index contributed by atoms with van der Waals surface area (Å²) in [6.45, 7) is 1.84.